The molecule has 0 saturated heterocycles. The van der Waals surface area contributed by atoms with Crippen molar-refractivity contribution in [2.75, 3.05) is 11.8 Å². The lowest BCUT2D eigenvalue weighted by molar-refractivity contribution is 0.599. The summed E-state index contributed by atoms with van der Waals surface area (Å²) < 4.78 is 28.5. The summed E-state index contributed by atoms with van der Waals surface area (Å²) in [6.45, 7) is 2.30. The zero-order chi connectivity index (χ0) is 15.6. The lowest BCUT2D eigenvalue weighted by Crippen LogP contribution is -2.17. The fraction of sp³-hybridized carbons (Fsp3) is 0.231. The summed E-state index contributed by atoms with van der Waals surface area (Å²) in [5.74, 6) is 0. The van der Waals surface area contributed by atoms with E-state index in [1.165, 1.54) is 11.3 Å². The highest BCUT2D eigenvalue weighted by molar-refractivity contribution is 9.10. The van der Waals surface area contributed by atoms with Gasteiger partial charge < -0.3 is 5.32 Å². The molecule has 1 aromatic heterocycles. The van der Waals surface area contributed by atoms with Crippen LogP contribution in [-0.4, -0.2) is 15.5 Å². The summed E-state index contributed by atoms with van der Waals surface area (Å²) >= 11 is 10.6. The molecule has 2 aromatic rings. The van der Waals surface area contributed by atoms with Crippen molar-refractivity contribution < 1.29 is 8.42 Å². The Balaban J connectivity index is 2.41. The Hall–Kier alpha value is -0.600. The first-order valence-corrected chi connectivity index (χ1v) is 9.58. The number of hydrogen-bond acceptors (Lipinski definition) is 4. The highest BCUT2D eigenvalue weighted by Crippen LogP contribution is 2.31. The van der Waals surface area contributed by atoms with Crippen molar-refractivity contribution >= 4 is 54.6 Å². The van der Waals surface area contributed by atoms with Crippen LogP contribution in [0.25, 0.3) is 0 Å². The third-order valence-electron chi connectivity index (χ3n) is 2.77. The van der Waals surface area contributed by atoms with E-state index in [4.69, 9.17) is 11.6 Å². The van der Waals surface area contributed by atoms with Crippen LogP contribution in [0.4, 0.5) is 5.69 Å². The van der Waals surface area contributed by atoms with Crippen molar-refractivity contribution in [3.63, 3.8) is 0 Å². The van der Waals surface area contributed by atoms with Gasteiger partial charge in [0.25, 0.3) is 10.0 Å². The predicted octanol–water partition coefficient (Wildman–Crippen LogP) is 3.99. The molecule has 0 atom stereocenters. The Labute approximate surface area is 141 Å². The van der Waals surface area contributed by atoms with Gasteiger partial charge in [-0.3, -0.25) is 4.72 Å². The van der Waals surface area contributed by atoms with Crippen molar-refractivity contribution in [2.45, 2.75) is 18.4 Å². The van der Waals surface area contributed by atoms with Gasteiger partial charge in [0.2, 0.25) is 0 Å². The smallest absolute Gasteiger partial charge is 0.263 e. The van der Waals surface area contributed by atoms with E-state index in [-0.39, 0.29) is 0 Å². The minimum atomic E-state index is -3.64. The third-order valence-corrected chi connectivity index (χ3v) is 6.49. The second-order valence-electron chi connectivity index (χ2n) is 4.43. The minimum absolute atomic E-state index is 0.337. The number of nitrogens with one attached hydrogen (secondary N) is 2. The van der Waals surface area contributed by atoms with Crippen LogP contribution in [0, 0.1) is 6.92 Å². The first-order valence-electron chi connectivity index (χ1n) is 6.04. The zero-order valence-electron chi connectivity index (χ0n) is 11.4. The Morgan fingerprint density at radius 3 is 2.71 bits per heavy atom. The van der Waals surface area contributed by atoms with Crippen LogP contribution < -0.4 is 10.0 Å². The number of rotatable bonds is 5. The van der Waals surface area contributed by atoms with Gasteiger partial charge in [-0.25, -0.2) is 8.42 Å². The molecule has 2 N–H and O–H groups in total. The van der Waals surface area contributed by atoms with Crippen LogP contribution in [0.15, 0.2) is 32.9 Å². The van der Waals surface area contributed by atoms with Crippen LogP contribution in [0.1, 0.15) is 10.4 Å². The van der Waals surface area contributed by atoms with Crippen LogP contribution in [0.5, 0.6) is 0 Å². The summed E-state index contributed by atoms with van der Waals surface area (Å²) in [4.78, 5) is 1.12. The van der Waals surface area contributed by atoms with Gasteiger partial charge in [0.1, 0.15) is 4.90 Å². The molecule has 4 nitrogen and oxygen atoms in total. The van der Waals surface area contributed by atoms with E-state index in [9.17, 15) is 8.42 Å². The van der Waals surface area contributed by atoms with Gasteiger partial charge in [0.15, 0.2) is 0 Å². The first kappa shape index (κ1) is 16.8. The molecule has 0 bridgehead atoms. The number of thiophene rings is 1. The SMILES string of the molecule is CNCc1scc(C)c1S(=O)(=O)Nc1ccc(Cl)cc1Br. The predicted molar refractivity (Wildman–Crippen MR) is 91.8 cm³/mol. The summed E-state index contributed by atoms with van der Waals surface area (Å²) in [6.07, 6.45) is 0. The molecule has 0 aliphatic rings. The molecular formula is C13H14BrClN2O2S2. The Morgan fingerprint density at radius 1 is 1.38 bits per heavy atom. The molecule has 0 radical (unpaired) electrons. The monoisotopic (exact) mass is 408 g/mol. The lowest BCUT2D eigenvalue weighted by Gasteiger charge is -2.11. The molecule has 1 heterocycles. The number of hydrogen-bond donors (Lipinski definition) is 2. The standard InChI is InChI=1S/C13H14BrClN2O2S2/c1-8-7-20-12(6-16-2)13(8)21(18,19)17-11-4-3-9(15)5-10(11)14/h3-5,7,16-17H,6H2,1-2H3. The minimum Gasteiger partial charge on any atom is -0.315 e. The van der Waals surface area contributed by atoms with Crippen LogP contribution >= 0.6 is 38.9 Å². The Bertz CT molecular complexity index is 760. The maximum atomic E-state index is 12.6. The fourth-order valence-corrected chi connectivity index (χ4v) is 5.72. The average Bonchev–Trinajstić information content (AvgIpc) is 2.75. The summed E-state index contributed by atoms with van der Waals surface area (Å²) in [7, 11) is -1.86. The highest BCUT2D eigenvalue weighted by Gasteiger charge is 2.23. The van der Waals surface area contributed by atoms with Crippen molar-refractivity contribution in [1.29, 1.82) is 0 Å². The van der Waals surface area contributed by atoms with E-state index in [0.29, 0.717) is 26.6 Å². The lowest BCUT2D eigenvalue weighted by atomic mass is 10.3. The molecule has 1 aromatic carbocycles. The van der Waals surface area contributed by atoms with E-state index in [0.717, 1.165) is 10.4 Å². The van der Waals surface area contributed by atoms with Gasteiger partial charge in [-0.2, -0.15) is 0 Å². The fourth-order valence-electron chi connectivity index (χ4n) is 1.90. The van der Waals surface area contributed by atoms with Crippen LogP contribution in [0.2, 0.25) is 5.02 Å². The third kappa shape index (κ3) is 3.78. The quantitative estimate of drug-likeness (QED) is 0.785. The van der Waals surface area contributed by atoms with Crippen LogP contribution in [0.3, 0.4) is 0 Å². The highest BCUT2D eigenvalue weighted by atomic mass is 79.9. The molecule has 0 saturated carbocycles. The van der Waals surface area contributed by atoms with Crippen molar-refractivity contribution in [3.05, 3.63) is 43.5 Å². The van der Waals surface area contributed by atoms with Crippen molar-refractivity contribution in [3.8, 4) is 0 Å². The second kappa shape index (κ2) is 6.66. The van der Waals surface area contributed by atoms with E-state index in [1.54, 1.807) is 32.2 Å². The van der Waals surface area contributed by atoms with Crippen LogP contribution in [-0.2, 0) is 16.6 Å². The van der Waals surface area contributed by atoms with Gasteiger partial charge in [0, 0.05) is 20.9 Å². The molecule has 0 unspecified atom stereocenters. The van der Waals surface area contributed by atoms with E-state index >= 15 is 0 Å². The van der Waals surface area contributed by atoms with Gasteiger partial charge in [-0.05, 0) is 59.0 Å². The van der Waals surface area contributed by atoms with Gasteiger partial charge in [-0.1, -0.05) is 11.6 Å². The first-order chi connectivity index (χ1) is 9.85. The maximum absolute atomic E-state index is 12.6. The van der Waals surface area contributed by atoms with Gasteiger partial charge >= 0.3 is 0 Å². The molecule has 0 spiro atoms. The molecule has 8 heteroatoms. The number of benzene rings is 1. The molecule has 0 aliphatic heterocycles. The molecule has 0 amide bonds. The molecule has 0 fully saturated rings. The Morgan fingerprint density at radius 2 is 2.10 bits per heavy atom. The largest absolute Gasteiger partial charge is 0.315 e. The van der Waals surface area contributed by atoms with E-state index in [2.05, 4.69) is 26.0 Å². The zero-order valence-corrected chi connectivity index (χ0v) is 15.4. The number of aryl methyl sites for hydroxylation is 1. The number of sulfonamides is 1. The summed E-state index contributed by atoms with van der Waals surface area (Å²) in [5, 5.41) is 5.36. The van der Waals surface area contributed by atoms with Gasteiger partial charge in [0.05, 0.1) is 5.69 Å². The average molecular weight is 410 g/mol. The van der Waals surface area contributed by atoms with E-state index < -0.39 is 10.0 Å². The Kier molecular flexibility index (Phi) is 5.32. The second-order valence-corrected chi connectivity index (χ2v) is 8.31. The van der Waals surface area contributed by atoms with E-state index in [1.807, 2.05) is 5.38 Å². The molecule has 114 valence electrons. The molecule has 0 aliphatic carbocycles. The van der Waals surface area contributed by atoms with Crippen molar-refractivity contribution in [2.24, 2.45) is 0 Å². The number of anilines is 1. The normalized spacial score (nSPS) is 11.6. The van der Waals surface area contributed by atoms with Gasteiger partial charge in [-0.15, -0.1) is 11.3 Å². The van der Waals surface area contributed by atoms with Crippen molar-refractivity contribution in [1.82, 2.24) is 5.32 Å². The molecular weight excluding hydrogens is 396 g/mol. The molecule has 2 rings (SSSR count). The number of halogens is 2. The maximum Gasteiger partial charge on any atom is 0.263 e. The summed E-state index contributed by atoms with van der Waals surface area (Å²) in [6, 6.07) is 4.91. The topological polar surface area (TPSA) is 58.2 Å². The summed E-state index contributed by atoms with van der Waals surface area (Å²) in [5.41, 5.74) is 1.20. The molecule has 21 heavy (non-hydrogen) atoms.